The van der Waals surface area contributed by atoms with Crippen molar-refractivity contribution in [1.82, 2.24) is 5.32 Å². The largest absolute Gasteiger partial charge is 0.461 e. The van der Waals surface area contributed by atoms with Crippen LogP contribution < -0.4 is 5.32 Å². The molecule has 1 saturated carbocycles. The first kappa shape index (κ1) is 14.5. The van der Waals surface area contributed by atoms with Crippen molar-refractivity contribution in [2.24, 2.45) is 0 Å². The Kier molecular flexibility index (Phi) is 4.56. The molecule has 1 heterocycles. The van der Waals surface area contributed by atoms with Gasteiger partial charge in [0.25, 0.3) is 0 Å². The molecule has 1 aliphatic carbocycles. The average Bonchev–Trinajstić information content (AvgIpc) is 2.54. The van der Waals surface area contributed by atoms with Crippen LogP contribution in [0.25, 0.3) is 0 Å². The third-order valence-electron chi connectivity index (χ3n) is 4.56. The summed E-state index contributed by atoms with van der Waals surface area (Å²) in [7, 11) is 1.73. The van der Waals surface area contributed by atoms with Crippen LogP contribution in [0.1, 0.15) is 36.8 Å². The van der Waals surface area contributed by atoms with Gasteiger partial charge < -0.3 is 14.8 Å². The molecule has 1 N–H and O–H groups in total. The number of methoxy groups -OCH3 is 1. The Hall–Kier alpha value is -1.39. The minimum absolute atomic E-state index is 0.00942. The van der Waals surface area contributed by atoms with Gasteiger partial charge in [-0.25, -0.2) is 0 Å². The van der Waals surface area contributed by atoms with E-state index in [0.717, 1.165) is 38.6 Å². The molecule has 0 aromatic heterocycles. The quantitative estimate of drug-likeness (QED) is 0.867. The molecule has 3 rings (SSSR count). The molecule has 1 fully saturated rings. The molecule has 2 aliphatic rings. The van der Waals surface area contributed by atoms with Crippen molar-refractivity contribution in [1.29, 1.82) is 0 Å². The molecule has 4 nitrogen and oxygen atoms in total. The Morgan fingerprint density at radius 3 is 2.76 bits per heavy atom. The fourth-order valence-corrected chi connectivity index (χ4v) is 3.29. The zero-order valence-corrected chi connectivity index (χ0v) is 12.5. The molecule has 21 heavy (non-hydrogen) atoms. The third kappa shape index (κ3) is 3.44. The van der Waals surface area contributed by atoms with E-state index in [-0.39, 0.29) is 24.2 Å². The molecular weight excluding hydrogens is 266 g/mol. The van der Waals surface area contributed by atoms with E-state index in [1.165, 1.54) is 11.1 Å². The monoisotopic (exact) mass is 289 g/mol. The smallest absolute Gasteiger partial charge is 0.323 e. The first-order valence-electron chi connectivity index (χ1n) is 7.79. The summed E-state index contributed by atoms with van der Waals surface area (Å²) in [4.78, 5) is 12.3. The maximum atomic E-state index is 12.3. The molecule has 0 amide bonds. The van der Waals surface area contributed by atoms with Crippen molar-refractivity contribution in [2.45, 2.75) is 56.9 Å². The third-order valence-corrected chi connectivity index (χ3v) is 4.56. The van der Waals surface area contributed by atoms with Crippen LogP contribution in [-0.4, -0.2) is 31.3 Å². The van der Waals surface area contributed by atoms with Crippen molar-refractivity contribution in [3.05, 3.63) is 35.4 Å². The molecule has 0 saturated heterocycles. The number of nitrogens with one attached hydrogen (secondary N) is 1. The standard InChI is InChI=1S/C17H23NO3/c1-20-14-7-4-8-15(10-14)21-17(19)16-9-12-5-2-3-6-13(12)11-18-16/h2-3,5-6,14-16,18H,4,7-11H2,1H3/t14?,15?,16-/m0/s1. The van der Waals surface area contributed by atoms with Crippen LogP contribution in [0, 0.1) is 0 Å². The summed E-state index contributed by atoms with van der Waals surface area (Å²) in [5.74, 6) is -0.119. The normalized spacial score (nSPS) is 28.7. The number of hydrogen-bond donors (Lipinski definition) is 1. The number of carbonyl (C=O) groups is 1. The van der Waals surface area contributed by atoms with Crippen LogP contribution in [-0.2, 0) is 27.2 Å². The number of hydrogen-bond acceptors (Lipinski definition) is 4. The Balaban J connectivity index is 1.57. The Morgan fingerprint density at radius 1 is 1.19 bits per heavy atom. The van der Waals surface area contributed by atoms with Crippen LogP contribution >= 0.6 is 0 Å². The van der Waals surface area contributed by atoms with Crippen molar-refractivity contribution >= 4 is 5.97 Å². The van der Waals surface area contributed by atoms with Gasteiger partial charge in [0.2, 0.25) is 0 Å². The Bertz CT molecular complexity index is 503. The molecule has 1 aromatic carbocycles. The minimum atomic E-state index is -0.220. The Morgan fingerprint density at radius 2 is 1.95 bits per heavy atom. The lowest BCUT2D eigenvalue weighted by molar-refractivity contribution is -0.155. The second-order valence-corrected chi connectivity index (χ2v) is 5.99. The highest BCUT2D eigenvalue weighted by atomic mass is 16.5. The molecule has 1 aromatic rings. The topological polar surface area (TPSA) is 47.6 Å². The molecule has 1 aliphatic heterocycles. The SMILES string of the molecule is COC1CCCC(OC(=O)[C@@H]2Cc3ccccc3CN2)C1. The first-order chi connectivity index (χ1) is 10.3. The van der Waals surface area contributed by atoms with Crippen LogP contribution in [0.2, 0.25) is 0 Å². The van der Waals surface area contributed by atoms with Gasteiger partial charge in [-0.3, -0.25) is 4.79 Å². The first-order valence-corrected chi connectivity index (χ1v) is 7.79. The second kappa shape index (κ2) is 6.58. The average molecular weight is 289 g/mol. The van der Waals surface area contributed by atoms with E-state index >= 15 is 0 Å². The number of fused-ring (bicyclic) bond motifs is 1. The van der Waals surface area contributed by atoms with Crippen molar-refractivity contribution in [3.8, 4) is 0 Å². The molecule has 4 heteroatoms. The fourth-order valence-electron chi connectivity index (χ4n) is 3.29. The summed E-state index contributed by atoms with van der Waals surface area (Å²) in [5, 5.41) is 3.28. The number of ether oxygens (including phenoxy) is 2. The summed E-state index contributed by atoms with van der Waals surface area (Å²) in [6.45, 7) is 0.737. The van der Waals surface area contributed by atoms with E-state index in [0.29, 0.717) is 0 Å². The molecule has 2 unspecified atom stereocenters. The van der Waals surface area contributed by atoms with Gasteiger partial charge in [0.15, 0.2) is 0 Å². The highest BCUT2D eigenvalue weighted by Crippen LogP contribution is 2.24. The summed E-state index contributed by atoms with van der Waals surface area (Å²) >= 11 is 0. The van der Waals surface area contributed by atoms with E-state index in [2.05, 4.69) is 17.4 Å². The van der Waals surface area contributed by atoms with Crippen LogP contribution in [0.5, 0.6) is 0 Å². The zero-order chi connectivity index (χ0) is 14.7. The van der Waals surface area contributed by atoms with Gasteiger partial charge in [-0.05, 0) is 36.8 Å². The van der Waals surface area contributed by atoms with E-state index in [1.54, 1.807) is 7.11 Å². The van der Waals surface area contributed by atoms with Gasteiger partial charge >= 0.3 is 5.97 Å². The maximum Gasteiger partial charge on any atom is 0.323 e. The summed E-state index contributed by atoms with van der Waals surface area (Å²) in [6.07, 6.45) is 4.87. The molecule has 0 radical (unpaired) electrons. The van der Waals surface area contributed by atoms with E-state index in [4.69, 9.17) is 9.47 Å². The minimum Gasteiger partial charge on any atom is -0.461 e. The van der Waals surface area contributed by atoms with E-state index in [1.807, 2.05) is 12.1 Å². The van der Waals surface area contributed by atoms with Crippen molar-refractivity contribution < 1.29 is 14.3 Å². The number of carbonyl (C=O) groups excluding carboxylic acids is 1. The summed E-state index contributed by atoms with van der Waals surface area (Å²) < 4.78 is 11.1. The lowest BCUT2D eigenvalue weighted by Crippen LogP contribution is -2.44. The van der Waals surface area contributed by atoms with Gasteiger partial charge in [0.05, 0.1) is 6.10 Å². The number of esters is 1. The molecule has 3 atom stereocenters. The highest BCUT2D eigenvalue weighted by Gasteiger charge is 2.30. The molecular formula is C17H23NO3. The summed E-state index contributed by atoms with van der Waals surface area (Å²) in [5.41, 5.74) is 2.52. The molecule has 0 spiro atoms. The molecule has 114 valence electrons. The number of rotatable bonds is 3. The van der Waals surface area contributed by atoms with E-state index < -0.39 is 0 Å². The maximum absolute atomic E-state index is 12.3. The fraction of sp³-hybridized carbons (Fsp3) is 0.588. The van der Waals surface area contributed by atoms with Crippen LogP contribution in [0.4, 0.5) is 0 Å². The van der Waals surface area contributed by atoms with Crippen molar-refractivity contribution in [2.75, 3.05) is 7.11 Å². The predicted octanol–water partition coefficient (Wildman–Crippen LogP) is 2.20. The van der Waals surface area contributed by atoms with Gasteiger partial charge in [-0.2, -0.15) is 0 Å². The van der Waals surface area contributed by atoms with Gasteiger partial charge in [0, 0.05) is 20.1 Å². The van der Waals surface area contributed by atoms with E-state index in [9.17, 15) is 4.79 Å². The van der Waals surface area contributed by atoms with Gasteiger partial charge in [0.1, 0.15) is 12.1 Å². The number of benzene rings is 1. The lowest BCUT2D eigenvalue weighted by atomic mass is 9.94. The Labute approximate surface area is 125 Å². The lowest BCUT2D eigenvalue weighted by Gasteiger charge is -2.30. The predicted molar refractivity (Wildman–Crippen MR) is 79.9 cm³/mol. The highest BCUT2D eigenvalue weighted by molar-refractivity contribution is 5.77. The zero-order valence-electron chi connectivity index (χ0n) is 12.5. The van der Waals surface area contributed by atoms with Gasteiger partial charge in [-0.1, -0.05) is 24.3 Å². The second-order valence-electron chi connectivity index (χ2n) is 5.99. The van der Waals surface area contributed by atoms with Crippen LogP contribution in [0.15, 0.2) is 24.3 Å². The van der Waals surface area contributed by atoms with Gasteiger partial charge in [-0.15, -0.1) is 0 Å². The summed E-state index contributed by atoms with van der Waals surface area (Å²) in [6, 6.07) is 8.04. The van der Waals surface area contributed by atoms with Crippen molar-refractivity contribution in [3.63, 3.8) is 0 Å². The molecule has 0 bridgehead atoms. The van der Waals surface area contributed by atoms with Crippen LogP contribution in [0.3, 0.4) is 0 Å².